The first-order valence-corrected chi connectivity index (χ1v) is 7.80. The van der Waals surface area contributed by atoms with Crippen LogP contribution in [0.25, 0.3) is 0 Å². The zero-order chi connectivity index (χ0) is 18.2. The molecule has 6 heteroatoms. The number of hydrogen-bond donors (Lipinski definition) is 1. The fraction of sp³-hybridized carbons (Fsp3) is 0.211. The van der Waals surface area contributed by atoms with Crippen LogP contribution in [0.1, 0.15) is 33.2 Å². The highest BCUT2D eigenvalue weighted by Gasteiger charge is 2.11. The Hall–Kier alpha value is -3.15. The molecule has 0 saturated carbocycles. The maximum absolute atomic E-state index is 11.9. The molecule has 0 aliphatic heterocycles. The van der Waals surface area contributed by atoms with Crippen LogP contribution >= 0.6 is 0 Å². The summed E-state index contributed by atoms with van der Waals surface area (Å²) in [4.78, 5) is 35.3. The van der Waals surface area contributed by atoms with Crippen molar-refractivity contribution in [2.45, 2.75) is 13.8 Å². The Kier molecular flexibility index (Phi) is 6.28. The normalized spacial score (nSPS) is 10.0. The predicted molar refractivity (Wildman–Crippen MR) is 92.5 cm³/mol. The largest absolute Gasteiger partial charge is 0.462 e. The van der Waals surface area contributed by atoms with Gasteiger partial charge in [-0.1, -0.05) is 17.7 Å². The van der Waals surface area contributed by atoms with Gasteiger partial charge in [0.05, 0.1) is 17.7 Å². The molecule has 0 aliphatic carbocycles. The topological polar surface area (TPSA) is 81.7 Å². The third-order valence-electron chi connectivity index (χ3n) is 3.27. The van der Waals surface area contributed by atoms with E-state index in [0.29, 0.717) is 23.4 Å². The summed E-state index contributed by atoms with van der Waals surface area (Å²) in [6.45, 7) is 3.49. The van der Waals surface area contributed by atoms with Crippen molar-refractivity contribution in [2.24, 2.45) is 0 Å². The monoisotopic (exact) mass is 341 g/mol. The average molecular weight is 341 g/mol. The number of rotatable bonds is 6. The molecule has 0 aliphatic rings. The quantitative estimate of drug-likeness (QED) is 0.817. The number of anilines is 1. The van der Waals surface area contributed by atoms with E-state index in [1.54, 1.807) is 49.4 Å². The van der Waals surface area contributed by atoms with Crippen LogP contribution < -0.4 is 5.32 Å². The first-order valence-electron chi connectivity index (χ1n) is 7.80. The molecule has 0 spiro atoms. The van der Waals surface area contributed by atoms with E-state index in [0.717, 1.165) is 5.56 Å². The summed E-state index contributed by atoms with van der Waals surface area (Å²) in [5, 5.41) is 2.59. The molecule has 1 N–H and O–H groups in total. The summed E-state index contributed by atoms with van der Waals surface area (Å²) in [7, 11) is 0. The molecule has 2 aromatic rings. The van der Waals surface area contributed by atoms with Crippen LogP contribution in [-0.2, 0) is 14.3 Å². The van der Waals surface area contributed by atoms with Gasteiger partial charge in [-0.2, -0.15) is 0 Å². The Balaban J connectivity index is 1.86. The van der Waals surface area contributed by atoms with Crippen molar-refractivity contribution in [1.29, 1.82) is 0 Å². The molecule has 0 heterocycles. The maximum atomic E-state index is 11.9. The maximum Gasteiger partial charge on any atom is 0.338 e. The Morgan fingerprint density at radius 2 is 1.60 bits per heavy atom. The summed E-state index contributed by atoms with van der Waals surface area (Å²) >= 11 is 0. The number of hydrogen-bond acceptors (Lipinski definition) is 5. The lowest BCUT2D eigenvalue weighted by Gasteiger charge is -2.08. The lowest BCUT2D eigenvalue weighted by Crippen LogP contribution is -2.21. The van der Waals surface area contributed by atoms with Crippen molar-refractivity contribution in [3.05, 3.63) is 65.2 Å². The van der Waals surface area contributed by atoms with E-state index in [2.05, 4.69) is 5.32 Å². The fourth-order valence-corrected chi connectivity index (χ4v) is 2.09. The van der Waals surface area contributed by atoms with Crippen LogP contribution in [0.2, 0.25) is 0 Å². The Morgan fingerprint density at radius 3 is 2.24 bits per heavy atom. The summed E-state index contributed by atoms with van der Waals surface area (Å²) in [5.74, 6) is -1.45. The highest BCUT2D eigenvalue weighted by Crippen LogP contribution is 2.11. The predicted octanol–water partition coefficient (Wildman–Crippen LogP) is 2.97. The van der Waals surface area contributed by atoms with Crippen molar-refractivity contribution in [2.75, 3.05) is 18.5 Å². The van der Waals surface area contributed by atoms with Crippen LogP contribution in [0.15, 0.2) is 48.5 Å². The molecular formula is C19H19NO5. The van der Waals surface area contributed by atoms with Gasteiger partial charge < -0.3 is 14.8 Å². The zero-order valence-corrected chi connectivity index (χ0v) is 14.1. The van der Waals surface area contributed by atoms with Gasteiger partial charge in [-0.25, -0.2) is 9.59 Å². The number of ether oxygens (including phenoxy) is 2. The molecule has 0 fully saturated rings. The van der Waals surface area contributed by atoms with E-state index in [-0.39, 0.29) is 0 Å². The number of aryl methyl sites for hydroxylation is 1. The van der Waals surface area contributed by atoms with Crippen LogP contribution in [0.3, 0.4) is 0 Å². The van der Waals surface area contributed by atoms with Crippen LogP contribution in [0.5, 0.6) is 0 Å². The van der Waals surface area contributed by atoms with Crippen molar-refractivity contribution < 1.29 is 23.9 Å². The Morgan fingerprint density at radius 1 is 0.920 bits per heavy atom. The van der Waals surface area contributed by atoms with Gasteiger partial charge in [-0.05, 0) is 50.2 Å². The molecule has 1 amide bonds. The van der Waals surface area contributed by atoms with Crippen LogP contribution in [-0.4, -0.2) is 31.1 Å². The van der Waals surface area contributed by atoms with Crippen LogP contribution in [0, 0.1) is 6.92 Å². The number of nitrogens with one attached hydrogen (secondary N) is 1. The van der Waals surface area contributed by atoms with Gasteiger partial charge in [0.2, 0.25) is 0 Å². The van der Waals surface area contributed by atoms with Gasteiger partial charge in [0.15, 0.2) is 6.61 Å². The van der Waals surface area contributed by atoms with E-state index in [9.17, 15) is 14.4 Å². The second-order valence-electron chi connectivity index (χ2n) is 5.29. The molecule has 0 saturated heterocycles. The molecule has 25 heavy (non-hydrogen) atoms. The molecule has 0 radical (unpaired) electrons. The summed E-state index contributed by atoms with van der Waals surface area (Å²) in [6.07, 6.45) is 0. The molecule has 2 rings (SSSR count). The van der Waals surface area contributed by atoms with E-state index in [1.165, 1.54) is 0 Å². The van der Waals surface area contributed by atoms with Gasteiger partial charge in [0, 0.05) is 5.69 Å². The van der Waals surface area contributed by atoms with Gasteiger partial charge in [0.1, 0.15) is 0 Å². The zero-order valence-electron chi connectivity index (χ0n) is 14.1. The number of benzene rings is 2. The van der Waals surface area contributed by atoms with E-state index < -0.39 is 24.5 Å². The minimum Gasteiger partial charge on any atom is -0.462 e. The van der Waals surface area contributed by atoms with Crippen molar-refractivity contribution in [3.63, 3.8) is 0 Å². The summed E-state index contributed by atoms with van der Waals surface area (Å²) in [6, 6.07) is 13.2. The Bertz CT molecular complexity index is 768. The lowest BCUT2D eigenvalue weighted by molar-refractivity contribution is -0.119. The van der Waals surface area contributed by atoms with Gasteiger partial charge >= 0.3 is 11.9 Å². The number of esters is 2. The molecule has 0 bridgehead atoms. The van der Waals surface area contributed by atoms with Crippen LogP contribution in [0.4, 0.5) is 5.69 Å². The summed E-state index contributed by atoms with van der Waals surface area (Å²) < 4.78 is 9.87. The first kappa shape index (κ1) is 18.2. The second-order valence-corrected chi connectivity index (χ2v) is 5.29. The molecule has 130 valence electrons. The number of carbonyl (C=O) groups excluding carboxylic acids is 3. The highest BCUT2D eigenvalue weighted by molar-refractivity contribution is 5.96. The third-order valence-corrected chi connectivity index (χ3v) is 3.27. The average Bonchev–Trinajstić information content (AvgIpc) is 2.60. The van der Waals surface area contributed by atoms with Gasteiger partial charge in [-0.3, -0.25) is 4.79 Å². The number of amides is 1. The van der Waals surface area contributed by atoms with Gasteiger partial charge in [-0.15, -0.1) is 0 Å². The van der Waals surface area contributed by atoms with Crippen molar-refractivity contribution >= 4 is 23.5 Å². The second kappa shape index (κ2) is 8.63. The van der Waals surface area contributed by atoms with E-state index >= 15 is 0 Å². The molecule has 0 aromatic heterocycles. The minimum atomic E-state index is -0.559. The third kappa shape index (κ3) is 5.46. The van der Waals surface area contributed by atoms with E-state index in [4.69, 9.17) is 9.47 Å². The summed E-state index contributed by atoms with van der Waals surface area (Å²) in [5.41, 5.74) is 2.21. The number of carbonyl (C=O) groups is 3. The smallest absolute Gasteiger partial charge is 0.338 e. The molecular weight excluding hydrogens is 322 g/mol. The lowest BCUT2D eigenvalue weighted by atomic mass is 10.1. The van der Waals surface area contributed by atoms with Gasteiger partial charge in [0.25, 0.3) is 5.91 Å². The van der Waals surface area contributed by atoms with Crippen molar-refractivity contribution in [3.8, 4) is 0 Å². The standard InChI is InChI=1S/C19H19NO5/c1-3-24-18(22)14-7-9-16(10-8-14)20-17(21)12-25-19(23)15-6-4-5-13(2)11-15/h4-11H,3,12H2,1-2H3,(H,20,21). The van der Waals surface area contributed by atoms with Crippen molar-refractivity contribution in [1.82, 2.24) is 0 Å². The highest BCUT2D eigenvalue weighted by atomic mass is 16.5. The molecule has 0 unspecified atom stereocenters. The molecule has 6 nitrogen and oxygen atoms in total. The minimum absolute atomic E-state index is 0.295. The molecule has 0 atom stereocenters. The van der Waals surface area contributed by atoms with E-state index in [1.807, 2.05) is 13.0 Å². The Labute approximate surface area is 145 Å². The fourth-order valence-electron chi connectivity index (χ4n) is 2.09. The molecule has 2 aromatic carbocycles. The first-order chi connectivity index (χ1) is 12.0. The SMILES string of the molecule is CCOC(=O)c1ccc(NC(=O)COC(=O)c2cccc(C)c2)cc1.